The van der Waals surface area contributed by atoms with Crippen molar-refractivity contribution in [2.45, 2.75) is 0 Å². The number of nitrogens with zero attached hydrogens (tertiary/aromatic N) is 2. The summed E-state index contributed by atoms with van der Waals surface area (Å²) < 4.78 is 65.8. The number of hydrogen-bond donors (Lipinski definition) is 0. The SMILES string of the molecule is COc1ccc(C2=C3C=CC(Br)=[N+]3[B-](F)(F)n3c(Br)ccc32)c(F)c1F. The maximum Gasteiger partial charge on any atom is 0.738 e. The molecule has 4 rings (SSSR count). The highest BCUT2D eigenvalue weighted by Gasteiger charge is 2.54. The van der Waals surface area contributed by atoms with E-state index in [0.717, 1.165) is 8.96 Å². The van der Waals surface area contributed by atoms with Crippen molar-refractivity contribution in [2.24, 2.45) is 0 Å². The number of hydrogen-bond acceptors (Lipinski definition) is 1. The molecular formula is C16H9BBr2F4N2O. The van der Waals surface area contributed by atoms with Crippen molar-refractivity contribution in [1.82, 2.24) is 4.48 Å². The summed E-state index contributed by atoms with van der Waals surface area (Å²) in [5.74, 6) is -2.59. The fourth-order valence-electron chi connectivity index (χ4n) is 3.29. The zero-order chi connectivity index (χ0) is 18.8. The number of benzene rings is 1. The molecule has 0 amide bonds. The first-order valence-electron chi connectivity index (χ1n) is 7.45. The molecule has 0 saturated carbocycles. The van der Waals surface area contributed by atoms with Crippen LogP contribution in [0.25, 0.3) is 5.57 Å². The molecule has 0 N–H and O–H groups in total. The number of halogens is 6. The van der Waals surface area contributed by atoms with Crippen LogP contribution in [-0.2, 0) is 0 Å². The highest BCUT2D eigenvalue weighted by atomic mass is 79.9. The molecule has 0 unspecified atom stereocenters. The summed E-state index contributed by atoms with van der Waals surface area (Å²) in [4.78, 5) is 0. The van der Waals surface area contributed by atoms with Crippen LogP contribution in [0, 0.1) is 11.6 Å². The molecule has 0 atom stereocenters. The van der Waals surface area contributed by atoms with Crippen LogP contribution < -0.4 is 4.74 Å². The first-order valence-corrected chi connectivity index (χ1v) is 9.03. The second kappa shape index (κ2) is 5.85. The number of aromatic nitrogens is 1. The van der Waals surface area contributed by atoms with Gasteiger partial charge in [0.15, 0.2) is 17.3 Å². The van der Waals surface area contributed by atoms with E-state index < -0.39 is 18.6 Å². The van der Waals surface area contributed by atoms with Gasteiger partial charge in [-0.05, 0) is 40.2 Å². The minimum absolute atomic E-state index is 0.0865. The van der Waals surface area contributed by atoms with Crippen LogP contribution in [0.2, 0.25) is 0 Å². The lowest BCUT2D eigenvalue weighted by molar-refractivity contribution is -0.358. The molecule has 2 aromatic rings. The molecule has 2 aliphatic heterocycles. The molecule has 134 valence electrons. The maximum atomic E-state index is 15.1. The summed E-state index contributed by atoms with van der Waals surface area (Å²) in [7, 11) is 1.22. The van der Waals surface area contributed by atoms with Crippen molar-refractivity contribution >= 4 is 49.0 Å². The summed E-state index contributed by atoms with van der Waals surface area (Å²) >= 11 is 6.23. The number of methoxy groups -OCH3 is 1. The van der Waals surface area contributed by atoms with Crippen molar-refractivity contribution in [3.63, 3.8) is 0 Å². The molecule has 0 fully saturated rings. The van der Waals surface area contributed by atoms with Gasteiger partial charge in [-0.25, -0.2) is 4.39 Å². The second-order valence-electron chi connectivity index (χ2n) is 5.73. The molecule has 1 aromatic heterocycles. The topological polar surface area (TPSA) is 17.2 Å². The summed E-state index contributed by atoms with van der Waals surface area (Å²) in [5.41, 5.74) is 0.202. The van der Waals surface area contributed by atoms with E-state index in [1.165, 1.54) is 43.5 Å². The van der Waals surface area contributed by atoms with Crippen LogP contribution in [0.3, 0.4) is 0 Å². The van der Waals surface area contributed by atoms with E-state index in [2.05, 4.69) is 31.9 Å². The first-order chi connectivity index (χ1) is 12.3. The molecule has 1 aromatic carbocycles. The van der Waals surface area contributed by atoms with Gasteiger partial charge in [0.25, 0.3) is 0 Å². The molecule has 0 radical (unpaired) electrons. The van der Waals surface area contributed by atoms with Gasteiger partial charge in [0.2, 0.25) is 10.4 Å². The largest absolute Gasteiger partial charge is 0.738 e. The lowest BCUT2D eigenvalue weighted by Crippen LogP contribution is -2.50. The van der Waals surface area contributed by atoms with Gasteiger partial charge in [-0.15, -0.1) is 0 Å². The predicted molar refractivity (Wildman–Crippen MR) is 97.8 cm³/mol. The van der Waals surface area contributed by atoms with Crippen LogP contribution in [-0.4, -0.2) is 27.7 Å². The molecule has 0 bridgehead atoms. The fraction of sp³-hybridized carbons (Fsp3) is 0.0625. The zero-order valence-corrected chi connectivity index (χ0v) is 16.3. The Bertz CT molecular complexity index is 1060. The van der Waals surface area contributed by atoms with E-state index in [9.17, 15) is 8.78 Å². The number of ether oxygens (including phenoxy) is 1. The third-order valence-corrected chi connectivity index (χ3v) is 5.70. The molecule has 2 aliphatic rings. The Morgan fingerprint density at radius 1 is 1.04 bits per heavy atom. The lowest BCUT2D eigenvalue weighted by atomic mass is 9.86. The summed E-state index contributed by atoms with van der Waals surface area (Å²) in [6.45, 7) is -4.22. The van der Waals surface area contributed by atoms with Gasteiger partial charge in [-0.1, -0.05) is 0 Å². The Hall–Kier alpha value is -1.81. The second-order valence-corrected chi connectivity index (χ2v) is 7.35. The quantitative estimate of drug-likeness (QED) is 0.431. The molecule has 26 heavy (non-hydrogen) atoms. The third-order valence-electron chi connectivity index (χ3n) is 4.41. The third kappa shape index (κ3) is 2.21. The minimum atomic E-state index is -4.22. The molecule has 3 nitrogen and oxygen atoms in total. The summed E-state index contributed by atoms with van der Waals surface area (Å²) in [6.07, 6.45) is 2.89. The summed E-state index contributed by atoms with van der Waals surface area (Å²) in [5, 5.41) is 0. The maximum absolute atomic E-state index is 15.1. The Balaban J connectivity index is 2.10. The Labute approximate surface area is 162 Å². The van der Waals surface area contributed by atoms with Gasteiger partial charge in [0.05, 0.1) is 17.3 Å². The zero-order valence-electron chi connectivity index (χ0n) is 13.1. The molecule has 0 spiro atoms. The number of allylic oxidation sites excluding steroid dienone is 2. The average Bonchev–Trinajstić information content (AvgIpc) is 3.16. The van der Waals surface area contributed by atoms with Crippen molar-refractivity contribution in [3.05, 3.63) is 69.6 Å². The Morgan fingerprint density at radius 3 is 2.46 bits per heavy atom. The number of fused-ring (bicyclic) bond motifs is 2. The molecule has 3 heterocycles. The highest BCUT2D eigenvalue weighted by molar-refractivity contribution is 9.18. The van der Waals surface area contributed by atoms with Crippen molar-refractivity contribution in [1.29, 1.82) is 0 Å². The number of rotatable bonds is 2. The summed E-state index contributed by atoms with van der Waals surface area (Å²) in [6, 6.07) is 5.48. The van der Waals surface area contributed by atoms with E-state index in [-0.39, 0.29) is 37.5 Å². The molecule has 0 aliphatic carbocycles. The molecule has 0 saturated heterocycles. The monoisotopic (exact) mass is 490 g/mol. The molecular weight excluding hydrogens is 483 g/mol. The van der Waals surface area contributed by atoms with Crippen LogP contribution in [0.4, 0.5) is 17.4 Å². The van der Waals surface area contributed by atoms with Crippen molar-refractivity contribution in [3.8, 4) is 5.75 Å². The minimum Gasteiger partial charge on any atom is -0.494 e. The van der Waals surface area contributed by atoms with Crippen molar-refractivity contribution in [2.75, 3.05) is 7.11 Å². The lowest BCUT2D eigenvalue weighted by Gasteiger charge is -2.32. The van der Waals surface area contributed by atoms with Crippen LogP contribution >= 0.6 is 31.9 Å². The highest BCUT2D eigenvalue weighted by Crippen LogP contribution is 2.43. The van der Waals surface area contributed by atoms with Gasteiger partial charge >= 0.3 is 6.97 Å². The van der Waals surface area contributed by atoms with Crippen LogP contribution in [0.15, 0.2) is 46.7 Å². The van der Waals surface area contributed by atoms with Crippen LogP contribution in [0.5, 0.6) is 5.75 Å². The van der Waals surface area contributed by atoms with E-state index in [1.807, 2.05) is 0 Å². The average molecular weight is 492 g/mol. The smallest absolute Gasteiger partial charge is 0.494 e. The van der Waals surface area contributed by atoms with Gasteiger partial charge in [-0.3, -0.25) is 0 Å². The van der Waals surface area contributed by atoms with Gasteiger partial charge < -0.3 is 22.3 Å². The molecule has 10 heteroatoms. The van der Waals surface area contributed by atoms with E-state index in [1.54, 1.807) is 0 Å². The van der Waals surface area contributed by atoms with Crippen molar-refractivity contribution < 1.29 is 26.6 Å². The van der Waals surface area contributed by atoms with E-state index in [4.69, 9.17) is 4.74 Å². The predicted octanol–water partition coefficient (Wildman–Crippen LogP) is 4.91. The van der Waals surface area contributed by atoms with E-state index in [0.29, 0.717) is 0 Å². The van der Waals surface area contributed by atoms with Gasteiger partial charge in [0, 0.05) is 39.3 Å². The Kier molecular flexibility index (Phi) is 3.96. The Morgan fingerprint density at radius 2 is 1.77 bits per heavy atom. The first kappa shape index (κ1) is 17.6. The van der Waals surface area contributed by atoms with E-state index >= 15 is 8.63 Å². The normalized spacial score (nSPS) is 17.7. The van der Waals surface area contributed by atoms with Crippen LogP contribution in [0.1, 0.15) is 11.3 Å². The fourth-order valence-corrected chi connectivity index (χ4v) is 4.43. The van der Waals surface area contributed by atoms with Gasteiger partial charge in [0.1, 0.15) is 0 Å². The standard InChI is InChI=1S/C16H9BBr2F4N2O/c1-26-11-5-2-8(15(20)16(11)21)14-9-3-6-12(18)24(9)17(22,23)25-10(14)4-7-13(25)19/h2-7H,1H3. The van der Waals surface area contributed by atoms with Gasteiger partial charge in [-0.2, -0.15) is 4.39 Å².